The summed E-state index contributed by atoms with van der Waals surface area (Å²) in [6, 6.07) is 10.7. The second kappa shape index (κ2) is 5.66. The van der Waals surface area contributed by atoms with Crippen LogP contribution in [0.2, 0.25) is 0 Å². The van der Waals surface area contributed by atoms with Crippen LogP contribution >= 0.6 is 0 Å². The molecule has 0 amide bonds. The predicted octanol–water partition coefficient (Wildman–Crippen LogP) is 3.35. The van der Waals surface area contributed by atoms with Crippen molar-refractivity contribution in [2.45, 2.75) is 12.8 Å². The van der Waals surface area contributed by atoms with Crippen LogP contribution in [0.4, 0.5) is 0 Å². The first-order valence-corrected chi connectivity index (χ1v) is 5.98. The van der Waals surface area contributed by atoms with Gasteiger partial charge in [0, 0.05) is 19.6 Å². The summed E-state index contributed by atoms with van der Waals surface area (Å²) in [7, 11) is 0. The summed E-state index contributed by atoms with van der Waals surface area (Å²) in [5, 5.41) is 0. The average molecular weight is 213 g/mol. The predicted molar refractivity (Wildman–Crippen MR) is 70.3 cm³/mol. The highest BCUT2D eigenvalue weighted by molar-refractivity contribution is 5.66. The van der Waals surface area contributed by atoms with Gasteiger partial charge in [0.2, 0.25) is 0 Å². The van der Waals surface area contributed by atoms with E-state index in [4.69, 9.17) is 0 Å². The molecule has 0 atom stereocenters. The highest BCUT2D eigenvalue weighted by Crippen LogP contribution is 2.21. The molecule has 0 aliphatic carbocycles. The third kappa shape index (κ3) is 2.83. The molecule has 1 aliphatic heterocycles. The SMILES string of the molecule is C=CCCN1CC=C(c2ccccc2)CC1. The minimum absolute atomic E-state index is 1.08. The van der Waals surface area contributed by atoms with E-state index in [9.17, 15) is 0 Å². The van der Waals surface area contributed by atoms with E-state index < -0.39 is 0 Å². The van der Waals surface area contributed by atoms with Gasteiger partial charge in [0.25, 0.3) is 0 Å². The zero-order valence-corrected chi connectivity index (χ0v) is 9.73. The fourth-order valence-electron chi connectivity index (χ4n) is 2.10. The molecule has 0 saturated carbocycles. The zero-order chi connectivity index (χ0) is 11.2. The molecule has 1 aromatic rings. The van der Waals surface area contributed by atoms with Crippen LogP contribution in [0.1, 0.15) is 18.4 Å². The van der Waals surface area contributed by atoms with Gasteiger partial charge in [0.1, 0.15) is 0 Å². The van der Waals surface area contributed by atoms with E-state index in [1.165, 1.54) is 24.1 Å². The Balaban J connectivity index is 1.96. The lowest BCUT2D eigenvalue weighted by Gasteiger charge is -2.25. The van der Waals surface area contributed by atoms with Crippen LogP contribution in [0.3, 0.4) is 0 Å². The molecule has 2 rings (SSSR count). The first kappa shape index (κ1) is 11.2. The maximum Gasteiger partial charge on any atom is 0.0169 e. The Kier molecular flexibility index (Phi) is 3.95. The maximum absolute atomic E-state index is 3.77. The number of hydrogen-bond acceptors (Lipinski definition) is 1. The van der Waals surface area contributed by atoms with Crippen molar-refractivity contribution in [1.82, 2.24) is 4.90 Å². The van der Waals surface area contributed by atoms with Gasteiger partial charge in [-0.15, -0.1) is 6.58 Å². The van der Waals surface area contributed by atoms with Gasteiger partial charge in [-0.3, -0.25) is 4.90 Å². The standard InChI is InChI=1S/C15H19N/c1-2-3-11-16-12-9-15(10-13-16)14-7-5-4-6-8-14/h2,4-9H,1,3,10-13H2. The van der Waals surface area contributed by atoms with Crippen molar-refractivity contribution in [1.29, 1.82) is 0 Å². The van der Waals surface area contributed by atoms with E-state index in [0.29, 0.717) is 0 Å². The number of rotatable bonds is 4. The molecule has 0 fully saturated rings. The molecule has 1 aromatic carbocycles. The molecule has 1 nitrogen and oxygen atoms in total. The highest BCUT2D eigenvalue weighted by atomic mass is 15.1. The highest BCUT2D eigenvalue weighted by Gasteiger charge is 2.11. The van der Waals surface area contributed by atoms with Gasteiger partial charge in [-0.1, -0.05) is 42.5 Å². The summed E-state index contributed by atoms with van der Waals surface area (Å²) in [4.78, 5) is 2.48. The lowest BCUT2D eigenvalue weighted by atomic mass is 9.99. The third-order valence-electron chi connectivity index (χ3n) is 3.09. The molecule has 0 aromatic heterocycles. The van der Waals surface area contributed by atoms with Crippen LogP contribution in [-0.4, -0.2) is 24.5 Å². The van der Waals surface area contributed by atoms with Gasteiger partial charge in [0.05, 0.1) is 0 Å². The van der Waals surface area contributed by atoms with Crippen molar-refractivity contribution in [3.8, 4) is 0 Å². The molecule has 0 unspecified atom stereocenters. The van der Waals surface area contributed by atoms with Crippen molar-refractivity contribution < 1.29 is 0 Å². The van der Waals surface area contributed by atoms with E-state index in [-0.39, 0.29) is 0 Å². The molecule has 0 spiro atoms. The van der Waals surface area contributed by atoms with E-state index in [1.54, 1.807) is 0 Å². The average Bonchev–Trinajstić information content (AvgIpc) is 2.38. The summed E-state index contributed by atoms with van der Waals surface area (Å²) in [6.07, 6.45) is 6.62. The molecule has 0 bridgehead atoms. The van der Waals surface area contributed by atoms with Crippen LogP contribution in [-0.2, 0) is 0 Å². The van der Waals surface area contributed by atoms with Gasteiger partial charge >= 0.3 is 0 Å². The molecular formula is C15H19N. The number of benzene rings is 1. The number of nitrogens with zero attached hydrogens (tertiary/aromatic N) is 1. The smallest absolute Gasteiger partial charge is 0.0169 e. The van der Waals surface area contributed by atoms with Gasteiger partial charge in [0.15, 0.2) is 0 Å². The monoisotopic (exact) mass is 213 g/mol. The fourth-order valence-corrected chi connectivity index (χ4v) is 2.10. The summed E-state index contributed by atoms with van der Waals surface area (Å²) in [5.41, 5.74) is 2.88. The summed E-state index contributed by atoms with van der Waals surface area (Å²) in [6.45, 7) is 7.16. The Labute approximate surface area is 98.1 Å². The van der Waals surface area contributed by atoms with Crippen molar-refractivity contribution in [3.63, 3.8) is 0 Å². The van der Waals surface area contributed by atoms with Crippen molar-refractivity contribution in [2.24, 2.45) is 0 Å². The van der Waals surface area contributed by atoms with Gasteiger partial charge in [-0.2, -0.15) is 0 Å². The minimum atomic E-state index is 1.08. The van der Waals surface area contributed by atoms with E-state index in [1.807, 2.05) is 6.08 Å². The van der Waals surface area contributed by atoms with Gasteiger partial charge in [-0.25, -0.2) is 0 Å². The summed E-state index contributed by atoms with van der Waals surface area (Å²) < 4.78 is 0. The quantitative estimate of drug-likeness (QED) is 0.693. The van der Waals surface area contributed by atoms with E-state index >= 15 is 0 Å². The van der Waals surface area contributed by atoms with Crippen LogP contribution < -0.4 is 0 Å². The molecular weight excluding hydrogens is 194 g/mol. The Morgan fingerprint density at radius 1 is 1.25 bits per heavy atom. The fraction of sp³-hybridized carbons (Fsp3) is 0.333. The Hall–Kier alpha value is -1.34. The second-order valence-electron chi connectivity index (χ2n) is 4.22. The van der Waals surface area contributed by atoms with Crippen LogP contribution in [0.25, 0.3) is 5.57 Å². The maximum atomic E-state index is 3.77. The first-order valence-electron chi connectivity index (χ1n) is 5.98. The Morgan fingerprint density at radius 2 is 2.06 bits per heavy atom. The largest absolute Gasteiger partial charge is 0.299 e. The molecule has 0 saturated heterocycles. The Morgan fingerprint density at radius 3 is 2.69 bits per heavy atom. The topological polar surface area (TPSA) is 3.24 Å². The third-order valence-corrected chi connectivity index (χ3v) is 3.09. The van der Waals surface area contributed by atoms with Gasteiger partial charge < -0.3 is 0 Å². The normalized spacial score (nSPS) is 16.9. The molecule has 84 valence electrons. The molecule has 1 aliphatic rings. The lowest BCUT2D eigenvalue weighted by Crippen LogP contribution is -2.29. The lowest BCUT2D eigenvalue weighted by molar-refractivity contribution is 0.308. The van der Waals surface area contributed by atoms with E-state index in [2.05, 4.69) is 47.9 Å². The zero-order valence-electron chi connectivity index (χ0n) is 9.73. The first-order chi connectivity index (χ1) is 7.90. The summed E-state index contributed by atoms with van der Waals surface area (Å²) >= 11 is 0. The van der Waals surface area contributed by atoms with E-state index in [0.717, 1.165) is 19.5 Å². The number of hydrogen-bond donors (Lipinski definition) is 0. The van der Waals surface area contributed by atoms with Crippen LogP contribution in [0.15, 0.2) is 49.1 Å². The Bertz CT molecular complexity index is 364. The van der Waals surface area contributed by atoms with Crippen molar-refractivity contribution >= 4 is 5.57 Å². The van der Waals surface area contributed by atoms with Crippen LogP contribution in [0, 0.1) is 0 Å². The molecule has 1 heteroatoms. The van der Waals surface area contributed by atoms with Crippen LogP contribution in [0.5, 0.6) is 0 Å². The molecule has 0 N–H and O–H groups in total. The van der Waals surface area contributed by atoms with Crippen molar-refractivity contribution in [3.05, 3.63) is 54.6 Å². The second-order valence-corrected chi connectivity index (χ2v) is 4.22. The summed E-state index contributed by atoms with van der Waals surface area (Å²) in [5.74, 6) is 0. The minimum Gasteiger partial charge on any atom is -0.299 e. The molecule has 1 heterocycles. The van der Waals surface area contributed by atoms with Gasteiger partial charge in [-0.05, 0) is 24.0 Å². The molecule has 16 heavy (non-hydrogen) atoms. The molecule has 0 radical (unpaired) electrons. The van der Waals surface area contributed by atoms with Crippen molar-refractivity contribution in [2.75, 3.05) is 19.6 Å².